The zero-order valence-corrected chi connectivity index (χ0v) is 13.1. The lowest BCUT2D eigenvalue weighted by atomic mass is 9.91. The zero-order valence-electron chi connectivity index (χ0n) is 13.1. The van der Waals surface area contributed by atoms with Crippen LogP contribution in [0.1, 0.15) is 45.4 Å². The number of Topliss-reactive ketones (excluding diaryl/α,β-unsaturated/α-hetero) is 1. The quantitative estimate of drug-likeness (QED) is 0.864. The second-order valence-corrected chi connectivity index (χ2v) is 6.05. The van der Waals surface area contributed by atoms with E-state index in [1.165, 1.54) is 0 Å². The van der Waals surface area contributed by atoms with Crippen molar-refractivity contribution in [1.82, 2.24) is 15.1 Å². The van der Waals surface area contributed by atoms with E-state index in [1.807, 2.05) is 45.5 Å². The van der Waals surface area contributed by atoms with Gasteiger partial charge in [0.15, 0.2) is 5.78 Å². The number of ketones is 1. The van der Waals surface area contributed by atoms with Crippen LogP contribution >= 0.6 is 0 Å². The van der Waals surface area contributed by atoms with Gasteiger partial charge in [0.25, 0.3) is 0 Å². The summed E-state index contributed by atoms with van der Waals surface area (Å²) in [6.07, 6.45) is 3.01. The molecule has 20 heavy (non-hydrogen) atoms. The molecule has 1 N–H and O–H groups in total. The molecule has 1 aromatic rings. The van der Waals surface area contributed by atoms with Gasteiger partial charge in [-0.15, -0.1) is 0 Å². The maximum atomic E-state index is 11.7. The second kappa shape index (κ2) is 6.68. The van der Waals surface area contributed by atoms with E-state index < -0.39 is 5.41 Å². The first-order chi connectivity index (χ1) is 9.24. The van der Waals surface area contributed by atoms with Gasteiger partial charge in [0.2, 0.25) is 5.91 Å². The van der Waals surface area contributed by atoms with Crippen LogP contribution in [0.3, 0.4) is 0 Å². The van der Waals surface area contributed by atoms with Crippen molar-refractivity contribution in [1.29, 1.82) is 0 Å². The molecule has 1 amide bonds. The van der Waals surface area contributed by atoms with Crippen molar-refractivity contribution in [2.24, 2.45) is 5.41 Å². The van der Waals surface area contributed by atoms with E-state index in [2.05, 4.69) is 10.4 Å². The molecule has 0 aliphatic carbocycles. The highest BCUT2D eigenvalue weighted by Gasteiger charge is 2.21. The van der Waals surface area contributed by atoms with Crippen LogP contribution < -0.4 is 5.32 Å². The molecule has 1 heterocycles. The van der Waals surface area contributed by atoms with E-state index in [4.69, 9.17) is 0 Å². The molecule has 1 rings (SSSR count). The summed E-state index contributed by atoms with van der Waals surface area (Å²) in [5.41, 5.74) is 1.64. The average Bonchev–Trinajstić information content (AvgIpc) is 2.73. The van der Waals surface area contributed by atoms with E-state index in [0.29, 0.717) is 12.8 Å². The number of aromatic nitrogens is 2. The number of aryl methyl sites for hydroxylation is 3. The number of hydrogen-bond donors (Lipinski definition) is 1. The zero-order chi connectivity index (χ0) is 15.3. The SMILES string of the molecule is CCn1cc(CCC(=O)NCC(=O)C(C)(C)C)c(C)n1. The topological polar surface area (TPSA) is 64.0 Å². The van der Waals surface area contributed by atoms with Crippen LogP contribution in [0.5, 0.6) is 0 Å². The normalized spacial score (nSPS) is 11.4. The highest BCUT2D eigenvalue weighted by atomic mass is 16.2. The molecule has 0 aromatic carbocycles. The first-order valence-corrected chi connectivity index (χ1v) is 7.07. The monoisotopic (exact) mass is 279 g/mol. The Morgan fingerprint density at radius 2 is 2.00 bits per heavy atom. The summed E-state index contributed by atoms with van der Waals surface area (Å²) in [6.45, 7) is 10.5. The summed E-state index contributed by atoms with van der Waals surface area (Å²) in [4.78, 5) is 23.5. The minimum absolute atomic E-state index is 0.0424. The Bertz CT molecular complexity index is 484. The van der Waals surface area contributed by atoms with Gasteiger partial charge in [0.05, 0.1) is 12.2 Å². The van der Waals surface area contributed by atoms with Crippen molar-refractivity contribution in [2.45, 2.75) is 54.0 Å². The largest absolute Gasteiger partial charge is 0.349 e. The fourth-order valence-electron chi connectivity index (χ4n) is 1.75. The highest BCUT2D eigenvalue weighted by molar-refractivity contribution is 5.89. The third kappa shape index (κ3) is 4.79. The molecule has 0 fully saturated rings. The number of hydrogen-bond acceptors (Lipinski definition) is 3. The van der Waals surface area contributed by atoms with Crippen LogP contribution in [0.15, 0.2) is 6.20 Å². The Kier molecular flexibility index (Phi) is 5.48. The van der Waals surface area contributed by atoms with Crippen molar-refractivity contribution in [3.05, 3.63) is 17.5 Å². The standard InChI is InChI=1S/C15H25N3O2/c1-6-18-10-12(11(2)17-18)7-8-14(20)16-9-13(19)15(3,4)5/h10H,6-9H2,1-5H3,(H,16,20). The predicted octanol–water partition coefficient (Wildman–Crippen LogP) is 1.88. The van der Waals surface area contributed by atoms with Crippen LogP contribution in [-0.2, 0) is 22.6 Å². The van der Waals surface area contributed by atoms with Gasteiger partial charge in [0, 0.05) is 24.6 Å². The summed E-state index contributed by atoms with van der Waals surface area (Å²) in [5.74, 6) is -0.0490. The molecule has 0 aliphatic rings. The number of carbonyl (C=O) groups is 2. The smallest absolute Gasteiger partial charge is 0.220 e. The molecule has 0 radical (unpaired) electrons. The Balaban J connectivity index is 2.40. The lowest BCUT2D eigenvalue weighted by Gasteiger charge is -2.16. The highest BCUT2D eigenvalue weighted by Crippen LogP contribution is 2.13. The first-order valence-electron chi connectivity index (χ1n) is 7.07. The molecule has 5 heteroatoms. The summed E-state index contributed by atoms with van der Waals surface area (Å²) in [6, 6.07) is 0. The molecular weight excluding hydrogens is 254 g/mol. The van der Waals surface area contributed by atoms with Crippen molar-refractivity contribution in [3.8, 4) is 0 Å². The van der Waals surface area contributed by atoms with E-state index in [-0.39, 0.29) is 18.2 Å². The lowest BCUT2D eigenvalue weighted by molar-refractivity contribution is -0.129. The third-order valence-corrected chi connectivity index (χ3v) is 3.28. The Morgan fingerprint density at radius 3 is 2.50 bits per heavy atom. The number of rotatable bonds is 6. The van der Waals surface area contributed by atoms with E-state index >= 15 is 0 Å². The van der Waals surface area contributed by atoms with Crippen molar-refractivity contribution in [3.63, 3.8) is 0 Å². The van der Waals surface area contributed by atoms with E-state index in [0.717, 1.165) is 17.8 Å². The van der Waals surface area contributed by atoms with Crippen LogP contribution in [0.4, 0.5) is 0 Å². The molecule has 0 saturated carbocycles. The molecule has 0 aliphatic heterocycles. The fraction of sp³-hybridized carbons (Fsp3) is 0.667. The summed E-state index contributed by atoms with van der Waals surface area (Å²) >= 11 is 0. The van der Waals surface area contributed by atoms with Crippen LogP contribution in [0.2, 0.25) is 0 Å². The van der Waals surface area contributed by atoms with Gasteiger partial charge in [-0.05, 0) is 25.8 Å². The van der Waals surface area contributed by atoms with E-state index in [1.54, 1.807) is 0 Å². The molecule has 0 atom stereocenters. The fourth-order valence-corrected chi connectivity index (χ4v) is 1.75. The number of nitrogens with zero attached hydrogens (tertiary/aromatic N) is 2. The minimum atomic E-state index is -0.411. The van der Waals surface area contributed by atoms with Crippen LogP contribution in [-0.4, -0.2) is 28.0 Å². The maximum Gasteiger partial charge on any atom is 0.220 e. The third-order valence-electron chi connectivity index (χ3n) is 3.28. The van der Waals surface area contributed by atoms with Gasteiger partial charge >= 0.3 is 0 Å². The van der Waals surface area contributed by atoms with Crippen molar-refractivity contribution < 1.29 is 9.59 Å². The van der Waals surface area contributed by atoms with E-state index in [9.17, 15) is 9.59 Å². The van der Waals surface area contributed by atoms with Crippen molar-refractivity contribution in [2.75, 3.05) is 6.54 Å². The molecule has 0 unspecified atom stereocenters. The van der Waals surface area contributed by atoms with Crippen molar-refractivity contribution >= 4 is 11.7 Å². The number of amides is 1. The maximum absolute atomic E-state index is 11.7. The molecule has 0 saturated heterocycles. The van der Waals surface area contributed by atoms with Crippen LogP contribution in [0.25, 0.3) is 0 Å². The Morgan fingerprint density at radius 1 is 1.35 bits per heavy atom. The summed E-state index contributed by atoms with van der Waals surface area (Å²) in [5, 5.41) is 7.03. The molecule has 0 spiro atoms. The summed E-state index contributed by atoms with van der Waals surface area (Å²) in [7, 11) is 0. The number of carbonyl (C=O) groups excluding carboxylic acids is 2. The molecule has 1 aromatic heterocycles. The van der Waals surface area contributed by atoms with Crippen LogP contribution in [0, 0.1) is 12.3 Å². The van der Waals surface area contributed by atoms with Gasteiger partial charge in [-0.3, -0.25) is 14.3 Å². The average molecular weight is 279 g/mol. The Hall–Kier alpha value is -1.65. The summed E-state index contributed by atoms with van der Waals surface area (Å²) < 4.78 is 1.87. The first kappa shape index (κ1) is 16.4. The predicted molar refractivity (Wildman–Crippen MR) is 78.4 cm³/mol. The van der Waals surface area contributed by atoms with Gasteiger partial charge < -0.3 is 5.32 Å². The molecule has 112 valence electrons. The van der Waals surface area contributed by atoms with Gasteiger partial charge in [-0.1, -0.05) is 20.8 Å². The molecular formula is C15H25N3O2. The molecule has 5 nitrogen and oxygen atoms in total. The van der Waals surface area contributed by atoms with Gasteiger partial charge in [-0.25, -0.2) is 0 Å². The van der Waals surface area contributed by atoms with Gasteiger partial charge in [0.1, 0.15) is 0 Å². The molecule has 0 bridgehead atoms. The second-order valence-electron chi connectivity index (χ2n) is 6.05. The lowest BCUT2D eigenvalue weighted by Crippen LogP contribution is -2.35. The minimum Gasteiger partial charge on any atom is -0.349 e. The number of nitrogens with one attached hydrogen (secondary N) is 1. The Labute approximate surface area is 120 Å². The van der Waals surface area contributed by atoms with Gasteiger partial charge in [-0.2, -0.15) is 5.10 Å².